The first-order valence-electron chi connectivity index (χ1n) is 11.7. The van der Waals surface area contributed by atoms with E-state index in [9.17, 15) is 4.79 Å². The van der Waals surface area contributed by atoms with Crippen molar-refractivity contribution in [2.24, 2.45) is 0 Å². The van der Waals surface area contributed by atoms with Crippen molar-refractivity contribution in [2.75, 3.05) is 59.4 Å². The Kier molecular flexibility index (Phi) is 7.02. The number of piperazine rings is 1. The summed E-state index contributed by atoms with van der Waals surface area (Å²) in [5.74, 6) is 0.796. The Balaban J connectivity index is 1.33. The first-order chi connectivity index (χ1) is 15.2. The van der Waals surface area contributed by atoms with Crippen molar-refractivity contribution in [3.8, 4) is 0 Å². The molecule has 8 nitrogen and oxygen atoms in total. The molecule has 32 heavy (non-hydrogen) atoms. The van der Waals surface area contributed by atoms with Crippen LogP contribution in [0.15, 0.2) is 22.6 Å². The molecule has 4 rings (SSSR count). The summed E-state index contributed by atoms with van der Waals surface area (Å²) in [5, 5.41) is 0. The molecule has 1 aromatic heterocycles. The van der Waals surface area contributed by atoms with Gasteiger partial charge in [0.05, 0.1) is 6.54 Å². The summed E-state index contributed by atoms with van der Waals surface area (Å²) in [4.78, 5) is 26.1. The fourth-order valence-electron chi connectivity index (χ4n) is 4.28. The highest BCUT2D eigenvalue weighted by atomic mass is 16.6. The molecule has 0 radical (unpaired) electrons. The molecule has 2 saturated heterocycles. The van der Waals surface area contributed by atoms with Gasteiger partial charge in [-0.1, -0.05) is 6.07 Å². The second-order valence-corrected chi connectivity index (χ2v) is 10.1. The van der Waals surface area contributed by atoms with Gasteiger partial charge in [0.2, 0.25) is 5.89 Å². The summed E-state index contributed by atoms with van der Waals surface area (Å²) < 4.78 is 11.5. The second kappa shape index (κ2) is 9.77. The number of carbonyl (C=O) groups excluding carboxylic acids is 1. The first kappa shape index (κ1) is 23.0. The Morgan fingerprint density at radius 1 is 1.00 bits per heavy atom. The lowest BCUT2D eigenvalue weighted by Crippen LogP contribution is -2.43. The highest BCUT2D eigenvalue weighted by molar-refractivity contribution is 5.73. The van der Waals surface area contributed by atoms with Crippen molar-refractivity contribution in [3.63, 3.8) is 0 Å². The molecule has 0 bridgehead atoms. The molecule has 0 aliphatic carbocycles. The maximum atomic E-state index is 12.4. The number of amides is 1. The number of aromatic nitrogens is 1. The lowest BCUT2D eigenvalue weighted by atomic mass is 10.2. The quantitative estimate of drug-likeness (QED) is 0.720. The van der Waals surface area contributed by atoms with Gasteiger partial charge in [-0.3, -0.25) is 9.80 Å². The van der Waals surface area contributed by atoms with E-state index in [2.05, 4.69) is 33.9 Å². The molecule has 2 aliphatic rings. The molecule has 0 spiro atoms. The van der Waals surface area contributed by atoms with Crippen LogP contribution >= 0.6 is 0 Å². The molecule has 0 unspecified atom stereocenters. The van der Waals surface area contributed by atoms with Crippen molar-refractivity contribution in [2.45, 2.75) is 45.9 Å². The van der Waals surface area contributed by atoms with Crippen molar-refractivity contribution in [1.82, 2.24) is 24.6 Å². The molecule has 2 aromatic rings. The number of benzene rings is 1. The van der Waals surface area contributed by atoms with Crippen molar-refractivity contribution in [1.29, 1.82) is 0 Å². The van der Waals surface area contributed by atoms with Gasteiger partial charge in [0, 0.05) is 58.9 Å². The molecule has 1 aromatic carbocycles. The SMILES string of the molecule is CN1CCN(Cc2nc3cc(CN4CCCN(C(=O)OC(C)(C)C)CC4)ccc3o2)CC1. The summed E-state index contributed by atoms with van der Waals surface area (Å²) in [6, 6.07) is 6.31. The molecule has 0 atom stereocenters. The summed E-state index contributed by atoms with van der Waals surface area (Å²) in [6.07, 6.45) is 0.733. The number of hydrogen-bond donors (Lipinski definition) is 0. The molecular formula is C24H37N5O3. The van der Waals surface area contributed by atoms with Gasteiger partial charge in [-0.15, -0.1) is 0 Å². The van der Waals surface area contributed by atoms with E-state index in [-0.39, 0.29) is 6.09 Å². The van der Waals surface area contributed by atoms with Gasteiger partial charge in [0.25, 0.3) is 0 Å². The Morgan fingerprint density at radius 2 is 1.72 bits per heavy atom. The van der Waals surface area contributed by atoms with E-state index < -0.39 is 5.60 Å². The van der Waals surface area contributed by atoms with Crippen LogP contribution < -0.4 is 0 Å². The van der Waals surface area contributed by atoms with Crippen molar-refractivity contribution >= 4 is 17.2 Å². The zero-order chi connectivity index (χ0) is 22.7. The molecule has 8 heteroatoms. The van der Waals surface area contributed by atoms with E-state index >= 15 is 0 Å². The lowest BCUT2D eigenvalue weighted by molar-refractivity contribution is 0.0257. The molecule has 1 amide bonds. The van der Waals surface area contributed by atoms with Crippen molar-refractivity contribution < 1.29 is 13.9 Å². The molecule has 176 valence electrons. The third-order valence-corrected chi connectivity index (χ3v) is 6.10. The molecule has 2 aliphatic heterocycles. The smallest absolute Gasteiger partial charge is 0.410 e. The molecule has 3 heterocycles. The van der Waals surface area contributed by atoms with E-state index in [4.69, 9.17) is 14.1 Å². The van der Waals surface area contributed by atoms with Crippen LogP contribution in [0.4, 0.5) is 4.79 Å². The molecular weight excluding hydrogens is 406 g/mol. The summed E-state index contributed by atoms with van der Waals surface area (Å²) in [7, 11) is 2.16. The third kappa shape index (κ3) is 6.21. The van der Waals surface area contributed by atoms with Crippen LogP contribution in [0.5, 0.6) is 0 Å². The van der Waals surface area contributed by atoms with Gasteiger partial charge in [-0.25, -0.2) is 9.78 Å². The largest absolute Gasteiger partial charge is 0.444 e. The van der Waals surface area contributed by atoms with E-state index in [0.29, 0.717) is 6.54 Å². The van der Waals surface area contributed by atoms with E-state index in [1.807, 2.05) is 31.7 Å². The van der Waals surface area contributed by atoms with Gasteiger partial charge in [-0.05, 0) is 51.9 Å². The van der Waals surface area contributed by atoms with Crippen LogP contribution in [0.1, 0.15) is 38.6 Å². The minimum atomic E-state index is -0.459. The normalized spacial score (nSPS) is 19.9. The van der Waals surface area contributed by atoms with Crippen LogP contribution in [-0.2, 0) is 17.8 Å². The number of carbonyl (C=O) groups is 1. The van der Waals surface area contributed by atoms with Gasteiger partial charge in [0.1, 0.15) is 11.1 Å². The number of rotatable bonds is 4. The number of likely N-dealkylation sites (N-methyl/N-ethyl adjacent to an activating group) is 1. The lowest BCUT2D eigenvalue weighted by Gasteiger charge is -2.31. The highest BCUT2D eigenvalue weighted by Crippen LogP contribution is 2.20. The Morgan fingerprint density at radius 3 is 2.47 bits per heavy atom. The van der Waals surface area contributed by atoms with Gasteiger partial charge >= 0.3 is 6.09 Å². The number of hydrogen-bond acceptors (Lipinski definition) is 7. The summed E-state index contributed by atoms with van der Waals surface area (Å²) in [5.41, 5.74) is 2.54. The molecule has 2 fully saturated rings. The number of nitrogens with zero attached hydrogens (tertiary/aromatic N) is 5. The third-order valence-electron chi connectivity index (χ3n) is 6.10. The Labute approximate surface area is 191 Å². The first-order valence-corrected chi connectivity index (χ1v) is 11.7. The highest BCUT2D eigenvalue weighted by Gasteiger charge is 2.24. The predicted molar refractivity (Wildman–Crippen MR) is 124 cm³/mol. The number of ether oxygens (including phenoxy) is 1. The zero-order valence-electron chi connectivity index (χ0n) is 20.0. The average molecular weight is 444 g/mol. The van der Waals surface area contributed by atoms with Crippen LogP contribution in [0.3, 0.4) is 0 Å². The summed E-state index contributed by atoms with van der Waals surface area (Å²) >= 11 is 0. The Hall–Kier alpha value is -2.16. The topological polar surface area (TPSA) is 65.3 Å². The van der Waals surface area contributed by atoms with Crippen LogP contribution in [0, 0.1) is 0 Å². The average Bonchev–Trinajstić information content (AvgIpc) is 2.96. The van der Waals surface area contributed by atoms with E-state index in [0.717, 1.165) is 82.3 Å². The van der Waals surface area contributed by atoms with Gasteiger partial charge in [0.15, 0.2) is 5.58 Å². The minimum absolute atomic E-state index is 0.212. The van der Waals surface area contributed by atoms with Crippen molar-refractivity contribution in [3.05, 3.63) is 29.7 Å². The minimum Gasteiger partial charge on any atom is -0.444 e. The van der Waals surface area contributed by atoms with Gasteiger partial charge < -0.3 is 19.0 Å². The molecule has 0 saturated carbocycles. The van der Waals surface area contributed by atoms with Crippen LogP contribution in [-0.4, -0.2) is 95.7 Å². The van der Waals surface area contributed by atoms with E-state index in [1.165, 1.54) is 5.56 Å². The van der Waals surface area contributed by atoms with Crippen LogP contribution in [0.2, 0.25) is 0 Å². The maximum Gasteiger partial charge on any atom is 0.410 e. The van der Waals surface area contributed by atoms with Crippen LogP contribution in [0.25, 0.3) is 11.1 Å². The molecule has 0 N–H and O–H groups in total. The number of oxazole rings is 1. The van der Waals surface area contributed by atoms with E-state index in [1.54, 1.807) is 0 Å². The number of fused-ring (bicyclic) bond motifs is 1. The second-order valence-electron chi connectivity index (χ2n) is 10.1. The summed E-state index contributed by atoms with van der Waals surface area (Å²) in [6.45, 7) is 14.9. The fourth-order valence-corrected chi connectivity index (χ4v) is 4.28. The Bertz CT molecular complexity index is 914. The fraction of sp³-hybridized carbons (Fsp3) is 0.667. The standard InChI is InChI=1S/C24H37N5O3/c1-24(2,3)32-23(30)29-9-5-8-27(14-15-29)17-19-6-7-21-20(16-19)25-22(31-21)18-28-12-10-26(4)11-13-28/h6-7,16H,5,8-15,17-18H2,1-4H3. The zero-order valence-corrected chi connectivity index (χ0v) is 20.0. The maximum absolute atomic E-state index is 12.4. The van der Waals surface area contributed by atoms with Gasteiger partial charge in [-0.2, -0.15) is 0 Å². The predicted octanol–water partition coefficient (Wildman–Crippen LogP) is 3.02. The monoisotopic (exact) mass is 443 g/mol.